The molecule has 0 aliphatic rings. The summed E-state index contributed by atoms with van der Waals surface area (Å²) in [6.45, 7) is 2.49. The van der Waals surface area contributed by atoms with Gasteiger partial charge in [0.1, 0.15) is 11.9 Å². The van der Waals surface area contributed by atoms with Gasteiger partial charge in [0.05, 0.1) is 28.8 Å². The number of benzene rings is 3. The average Bonchev–Trinajstić information content (AvgIpc) is 3.43. The van der Waals surface area contributed by atoms with Crippen LogP contribution in [0.1, 0.15) is 22.5 Å². The van der Waals surface area contributed by atoms with Crippen molar-refractivity contribution in [3.8, 4) is 17.3 Å². The largest absolute Gasteiger partial charge is 0.337 e. The summed E-state index contributed by atoms with van der Waals surface area (Å²) in [6.07, 6.45) is 3.73. The van der Waals surface area contributed by atoms with Gasteiger partial charge in [0.2, 0.25) is 0 Å². The van der Waals surface area contributed by atoms with E-state index in [1.807, 2.05) is 84.5 Å². The van der Waals surface area contributed by atoms with Gasteiger partial charge in [-0.25, -0.2) is 4.98 Å². The zero-order valence-corrected chi connectivity index (χ0v) is 19.8. The number of aromatic nitrogens is 4. The third kappa shape index (κ3) is 4.47. The monoisotopic (exact) mass is 483 g/mol. The molecular formula is C27H19Cl2N5. The smallest absolute Gasteiger partial charge is 0.149 e. The number of hydrogen-bond donors (Lipinski definition) is 1. The molecule has 34 heavy (non-hydrogen) atoms. The molecule has 3 aromatic carbocycles. The van der Waals surface area contributed by atoms with Crippen LogP contribution in [0.15, 0.2) is 72.9 Å². The molecule has 0 fully saturated rings. The lowest BCUT2D eigenvalue weighted by molar-refractivity contribution is 0.689. The predicted octanol–water partition coefficient (Wildman–Crippen LogP) is 7.15. The molecule has 5 aromatic rings. The minimum absolute atomic E-state index is 0.426. The Morgan fingerprint density at radius 3 is 2.68 bits per heavy atom. The second-order valence-electron chi connectivity index (χ2n) is 8.01. The Balaban J connectivity index is 1.59. The fourth-order valence-corrected chi connectivity index (χ4v) is 4.30. The Morgan fingerprint density at radius 2 is 1.91 bits per heavy atom. The van der Waals surface area contributed by atoms with Gasteiger partial charge in [0, 0.05) is 27.4 Å². The van der Waals surface area contributed by atoms with Gasteiger partial charge in [-0.15, -0.1) is 0 Å². The maximum absolute atomic E-state index is 9.95. The molecule has 0 saturated carbocycles. The number of imidazole rings is 1. The molecule has 0 saturated heterocycles. The number of aryl methyl sites for hydroxylation is 1. The van der Waals surface area contributed by atoms with E-state index < -0.39 is 0 Å². The number of rotatable bonds is 5. The van der Waals surface area contributed by atoms with Crippen molar-refractivity contribution in [2.75, 3.05) is 0 Å². The Labute approximate surface area is 206 Å². The normalized spacial score (nSPS) is 11.6. The first-order chi connectivity index (χ1) is 16.5. The zero-order chi connectivity index (χ0) is 23.7. The van der Waals surface area contributed by atoms with Crippen LogP contribution in [0, 0.1) is 18.3 Å². The van der Waals surface area contributed by atoms with E-state index in [1.165, 1.54) is 0 Å². The van der Waals surface area contributed by atoms with Crippen molar-refractivity contribution in [3.05, 3.63) is 105 Å². The summed E-state index contributed by atoms with van der Waals surface area (Å²) in [6, 6.07) is 23.6. The van der Waals surface area contributed by atoms with E-state index in [4.69, 9.17) is 28.3 Å². The van der Waals surface area contributed by atoms with Crippen LogP contribution in [-0.4, -0.2) is 19.7 Å². The average molecular weight is 484 g/mol. The topological polar surface area (TPSA) is 70.3 Å². The van der Waals surface area contributed by atoms with Crippen LogP contribution in [-0.2, 0) is 6.54 Å². The van der Waals surface area contributed by atoms with Gasteiger partial charge < -0.3 is 4.98 Å². The van der Waals surface area contributed by atoms with Crippen LogP contribution in [0.5, 0.6) is 0 Å². The first kappa shape index (κ1) is 22.0. The minimum atomic E-state index is 0.426. The molecule has 166 valence electrons. The highest BCUT2D eigenvalue weighted by Gasteiger charge is 2.14. The molecule has 0 amide bonds. The van der Waals surface area contributed by atoms with E-state index in [0.29, 0.717) is 28.0 Å². The molecule has 0 aliphatic carbocycles. The number of nitrogens with one attached hydrogen (secondary N) is 1. The summed E-state index contributed by atoms with van der Waals surface area (Å²) in [7, 11) is 0. The highest BCUT2D eigenvalue weighted by atomic mass is 35.5. The summed E-state index contributed by atoms with van der Waals surface area (Å²) in [5.74, 6) is 0.524. The molecule has 0 atom stereocenters. The van der Waals surface area contributed by atoms with E-state index in [9.17, 15) is 5.26 Å². The number of allylic oxidation sites excluding steroid dienone is 1. The second-order valence-corrected chi connectivity index (χ2v) is 8.85. The van der Waals surface area contributed by atoms with Crippen LogP contribution in [0.25, 0.3) is 33.9 Å². The number of fused-ring (bicyclic) bond motifs is 1. The number of nitriles is 1. The molecule has 0 radical (unpaired) electrons. The number of H-pyrrole nitrogens is 1. The van der Waals surface area contributed by atoms with Gasteiger partial charge in [0.15, 0.2) is 0 Å². The maximum Gasteiger partial charge on any atom is 0.149 e. The zero-order valence-electron chi connectivity index (χ0n) is 18.3. The van der Waals surface area contributed by atoms with E-state index >= 15 is 0 Å². The predicted molar refractivity (Wildman–Crippen MR) is 138 cm³/mol. The SMILES string of the molecule is Cc1ccc2nc(/C(C#N)=C/c3cn(Cc4ccc(Cl)cc4Cl)nc3-c3ccccc3)[nH]c2c1. The molecule has 0 aliphatic heterocycles. The highest BCUT2D eigenvalue weighted by Crippen LogP contribution is 2.28. The highest BCUT2D eigenvalue weighted by molar-refractivity contribution is 6.35. The van der Waals surface area contributed by atoms with Crippen LogP contribution in [0.3, 0.4) is 0 Å². The summed E-state index contributed by atoms with van der Waals surface area (Å²) in [4.78, 5) is 7.88. The number of halogens is 2. The van der Waals surface area contributed by atoms with Crippen molar-refractivity contribution in [2.24, 2.45) is 0 Å². The fourth-order valence-electron chi connectivity index (χ4n) is 3.83. The number of nitrogens with zero attached hydrogens (tertiary/aromatic N) is 4. The number of aromatic amines is 1. The van der Waals surface area contributed by atoms with E-state index in [-0.39, 0.29) is 0 Å². The molecule has 2 heterocycles. The van der Waals surface area contributed by atoms with Crippen molar-refractivity contribution in [3.63, 3.8) is 0 Å². The lowest BCUT2D eigenvalue weighted by atomic mass is 10.1. The summed E-state index contributed by atoms with van der Waals surface area (Å²) in [5, 5.41) is 15.9. The molecule has 0 spiro atoms. The Bertz CT molecular complexity index is 1570. The van der Waals surface area contributed by atoms with E-state index in [1.54, 1.807) is 6.07 Å². The van der Waals surface area contributed by atoms with E-state index in [0.717, 1.165) is 39.0 Å². The second kappa shape index (κ2) is 9.18. The van der Waals surface area contributed by atoms with Crippen LogP contribution < -0.4 is 0 Å². The standard InChI is InChI=1S/C27H19Cl2N5/c1-17-7-10-24-25(11-17)32-27(31-24)20(14-30)12-21-16-34(15-19-8-9-22(28)13-23(19)29)33-26(21)18-5-3-2-4-6-18/h2-13,16H,15H2,1H3,(H,31,32)/b20-12+. The van der Waals surface area contributed by atoms with Crippen LogP contribution in [0.4, 0.5) is 0 Å². The molecule has 1 N–H and O–H groups in total. The molecule has 2 aromatic heterocycles. The molecule has 0 unspecified atom stereocenters. The maximum atomic E-state index is 9.95. The van der Waals surface area contributed by atoms with Gasteiger partial charge >= 0.3 is 0 Å². The van der Waals surface area contributed by atoms with Gasteiger partial charge in [-0.2, -0.15) is 10.4 Å². The van der Waals surface area contributed by atoms with Gasteiger partial charge in [-0.05, 0) is 48.4 Å². The van der Waals surface area contributed by atoms with Crippen molar-refractivity contribution in [1.82, 2.24) is 19.7 Å². The summed E-state index contributed by atoms with van der Waals surface area (Å²) >= 11 is 12.4. The van der Waals surface area contributed by atoms with Crippen molar-refractivity contribution < 1.29 is 0 Å². The Morgan fingerprint density at radius 1 is 1.09 bits per heavy atom. The van der Waals surface area contributed by atoms with Crippen molar-refractivity contribution in [1.29, 1.82) is 5.26 Å². The van der Waals surface area contributed by atoms with Gasteiger partial charge in [-0.3, -0.25) is 4.68 Å². The Kier molecular flexibility index (Phi) is 5.93. The summed E-state index contributed by atoms with van der Waals surface area (Å²) < 4.78 is 1.82. The minimum Gasteiger partial charge on any atom is -0.337 e. The van der Waals surface area contributed by atoms with E-state index in [2.05, 4.69) is 16.0 Å². The lowest BCUT2D eigenvalue weighted by Crippen LogP contribution is -2.01. The van der Waals surface area contributed by atoms with Crippen LogP contribution in [0.2, 0.25) is 10.0 Å². The molecular weight excluding hydrogens is 465 g/mol. The number of hydrogen-bond acceptors (Lipinski definition) is 3. The molecule has 5 rings (SSSR count). The molecule has 0 bridgehead atoms. The summed E-state index contributed by atoms with van der Waals surface area (Å²) in [5.41, 5.74) is 6.69. The fraction of sp³-hybridized carbons (Fsp3) is 0.0741. The first-order valence-corrected chi connectivity index (χ1v) is 11.4. The van der Waals surface area contributed by atoms with Crippen LogP contribution >= 0.6 is 23.2 Å². The van der Waals surface area contributed by atoms with Gasteiger partial charge in [-0.1, -0.05) is 65.7 Å². The lowest BCUT2D eigenvalue weighted by Gasteiger charge is -2.05. The first-order valence-electron chi connectivity index (χ1n) is 10.7. The Hall–Kier alpha value is -3.85. The molecule has 5 nitrogen and oxygen atoms in total. The van der Waals surface area contributed by atoms with Gasteiger partial charge in [0.25, 0.3) is 0 Å². The third-order valence-electron chi connectivity index (χ3n) is 5.50. The molecule has 7 heteroatoms. The quantitative estimate of drug-likeness (QED) is 0.269. The van der Waals surface area contributed by atoms with Crippen molar-refractivity contribution >= 4 is 45.9 Å². The third-order valence-corrected chi connectivity index (χ3v) is 6.08. The van der Waals surface area contributed by atoms with Crippen molar-refractivity contribution in [2.45, 2.75) is 13.5 Å².